The predicted molar refractivity (Wildman–Crippen MR) is 140 cm³/mol. The number of benzene rings is 2. The van der Waals surface area contributed by atoms with Crippen LogP contribution in [0.4, 0.5) is 4.39 Å². The van der Waals surface area contributed by atoms with E-state index in [0.29, 0.717) is 13.0 Å². The Morgan fingerprint density at radius 3 is 2.41 bits per heavy atom. The van der Waals surface area contributed by atoms with Crippen molar-refractivity contribution >= 4 is 11.6 Å². The highest BCUT2D eigenvalue weighted by molar-refractivity contribution is 5.81. The van der Waals surface area contributed by atoms with Gasteiger partial charge in [-0.2, -0.15) is 5.10 Å². The molecule has 0 amide bonds. The van der Waals surface area contributed by atoms with Crippen molar-refractivity contribution in [2.24, 2.45) is 0 Å². The molecule has 0 fully saturated rings. The van der Waals surface area contributed by atoms with Gasteiger partial charge in [0.15, 0.2) is 0 Å². The van der Waals surface area contributed by atoms with Crippen LogP contribution in [0, 0.1) is 5.82 Å². The highest BCUT2D eigenvalue weighted by Crippen LogP contribution is 2.32. The number of aromatic nitrogens is 4. The Hall–Kier alpha value is -4.46. The maximum atomic E-state index is 13.4. The fourth-order valence-electron chi connectivity index (χ4n) is 4.34. The molecular weight excluding hydrogens is 471 g/mol. The lowest BCUT2D eigenvalue weighted by molar-refractivity contribution is -0.137. The molecule has 2 N–H and O–H groups in total. The maximum Gasteiger partial charge on any atom is 0.303 e. The van der Waals surface area contributed by atoms with Gasteiger partial charge in [-0.25, -0.2) is 9.37 Å². The molecular formula is C29H27FN4O3. The van der Waals surface area contributed by atoms with Crippen molar-refractivity contribution in [3.63, 3.8) is 0 Å². The second kappa shape index (κ2) is 11.1. The van der Waals surface area contributed by atoms with E-state index in [4.69, 9.17) is 9.84 Å². The zero-order valence-corrected chi connectivity index (χ0v) is 20.2. The SMILES string of the molecule is O=C(O)CCCCCCOc1ccc(-c2cnc3ccc(-c4cn[nH]c4-c4ccc(F)cc4)cn23)cc1. The molecule has 0 radical (unpaired) electrons. The lowest BCUT2D eigenvalue weighted by atomic mass is 10.0. The first-order valence-corrected chi connectivity index (χ1v) is 12.3. The second-order valence-corrected chi connectivity index (χ2v) is 8.89. The van der Waals surface area contributed by atoms with Crippen molar-refractivity contribution in [2.75, 3.05) is 6.61 Å². The van der Waals surface area contributed by atoms with Crippen LogP contribution in [0.25, 0.3) is 39.3 Å². The number of rotatable bonds is 11. The summed E-state index contributed by atoms with van der Waals surface area (Å²) in [7, 11) is 0. The van der Waals surface area contributed by atoms with Gasteiger partial charge in [0, 0.05) is 34.9 Å². The Morgan fingerprint density at radius 2 is 1.62 bits per heavy atom. The minimum atomic E-state index is -0.741. The standard InChI is InChI=1S/C29H27FN4O3/c30-23-11-6-21(7-12-23)29-25(17-32-33-29)22-10-15-27-31-18-26(34(27)19-22)20-8-13-24(14-9-20)37-16-4-2-1-3-5-28(35)36/h6-15,17-19H,1-5,16H2,(H,32,33)(H,35,36). The third-order valence-corrected chi connectivity index (χ3v) is 6.29. The van der Waals surface area contributed by atoms with Gasteiger partial charge in [0.25, 0.3) is 0 Å². The number of carboxylic acids is 1. The van der Waals surface area contributed by atoms with Gasteiger partial charge in [0.2, 0.25) is 0 Å². The number of H-pyrrole nitrogens is 1. The largest absolute Gasteiger partial charge is 0.494 e. The van der Waals surface area contributed by atoms with Crippen LogP contribution in [-0.2, 0) is 4.79 Å². The Morgan fingerprint density at radius 1 is 0.892 bits per heavy atom. The van der Waals surface area contributed by atoms with E-state index in [-0.39, 0.29) is 12.2 Å². The van der Waals surface area contributed by atoms with E-state index in [1.54, 1.807) is 18.3 Å². The van der Waals surface area contributed by atoms with Crippen molar-refractivity contribution in [1.29, 1.82) is 0 Å². The van der Waals surface area contributed by atoms with Gasteiger partial charge in [-0.3, -0.25) is 14.3 Å². The molecule has 7 nitrogen and oxygen atoms in total. The average molecular weight is 499 g/mol. The number of imidazole rings is 1. The molecule has 0 saturated heterocycles. The normalized spacial score (nSPS) is 11.2. The highest BCUT2D eigenvalue weighted by atomic mass is 19.1. The van der Waals surface area contributed by atoms with Crippen molar-refractivity contribution in [3.8, 4) is 39.4 Å². The maximum absolute atomic E-state index is 13.4. The van der Waals surface area contributed by atoms with Gasteiger partial charge in [-0.15, -0.1) is 0 Å². The number of carbonyl (C=O) groups is 1. The minimum Gasteiger partial charge on any atom is -0.494 e. The first kappa shape index (κ1) is 24.2. The number of unbranched alkanes of at least 4 members (excludes halogenated alkanes) is 3. The fourth-order valence-corrected chi connectivity index (χ4v) is 4.34. The number of fused-ring (bicyclic) bond motifs is 1. The molecule has 3 aromatic heterocycles. The van der Waals surface area contributed by atoms with E-state index in [1.807, 2.05) is 53.2 Å². The molecule has 3 heterocycles. The number of carboxylic acid groups (broad SMARTS) is 1. The molecule has 2 aromatic carbocycles. The van der Waals surface area contributed by atoms with Crippen LogP contribution in [0.15, 0.2) is 79.3 Å². The summed E-state index contributed by atoms with van der Waals surface area (Å²) in [4.78, 5) is 15.1. The van der Waals surface area contributed by atoms with Crippen LogP contribution < -0.4 is 4.74 Å². The Kier molecular flexibility index (Phi) is 7.26. The fraction of sp³-hybridized carbons (Fsp3) is 0.207. The van der Waals surface area contributed by atoms with Gasteiger partial charge < -0.3 is 9.84 Å². The lowest BCUT2D eigenvalue weighted by Crippen LogP contribution is -1.98. The van der Waals surface area contributed by atoms with Crippen molar-refractivity contribution in [2.45, 2.75) is 32.1 Å². The number of hydrogen-bond donors (Lipinski definition) is 2. The summed E-state index contributed by atoms with van der Waals surface area (Å²) < 4.78 is 21.3. The molecule has 0 spiro atoms. The summed E-state index contributed by atoms with van der Waals surface area (Å²) in [5, 5.41) is 15.9. The van der Waals surface area contributed by atoms with Crippen LogP contribution in [0.1, 0.15) is 32.1 Å². The van der Waals surface area contributed by atoms with E-state index >= 15 is 0 Å². The van der Waals surface area contributed by atoms with Crippen molar-refractivity contribution in [1.82, 2.24) is 19.6 Å². The number of ether oxygens (including phenoxy) is 1. The number of halogens is 1. The lowest BCUT2D eigenvalue weighted by Gasteiger charge is -2.09. The highest BCUT2D eigenvalue weighted by Gasteiger charge is 2.13. The smallest absolute Gasteiger partial charge is 0.303 e. The number of hydrogen-bond acceptors (Lipinski definition) is 4. The van der Waals surface area contributed by atoms with Gasteiger partial charge in [0.05, 0.1) is 30.4 Å². The number of nitrogens with one attached hydrogen (secondary N) is 1. The average Bonchev–Trinajstić information content (AvgIpc) is 3.56. The van der Waals surface area contributed by atoms with Crippen LogP contribution in [0.3, 0.4) is 0 Å². The van der Waals surface area contributed by atoms with Crippen LogP contribution in [0.2, 0.25) is 0 Å². The summed E-state index contributed by atoms with van der Waals surface area (Å²) in [6, 6.07) is 18.2. The number of aliphatic carboxylic acids is 1. The number of aromatic amines is 1. The van der Waals surface area contributed by atoms with Crippen LogP contribution in [-0.4, -0.2) is 37.3 Å². The topological polar surface area (TPSA) is 92.5 Å². The number of nitrogens with zero attached hydrogens (tertiary/aromatic N) is 3. The molecule has 0 bridgehead atoms. The Balaban J connectivity index is 1.29. The zero-order chi connectivity index (χ0) is 25.6. The molecule has 0 atom stereocenters. The molecule has 37 heavy (non-hydrogen) atoms. The summed E-state index contributed by atoms with van der Waals surface area (Å²) in [6.07, 6.45) is 9.33. The molecule has 5 aromatic rings. The van der Waals surface area contributed by atoms with Crippen molar-refractivity contribution in [3.05, 3.63) is 85.1 Å². The quantitative estimate of drug-likeness (QED) is 0.200. The van der Waals surface area contributed by atoms with E-state index in [9.17, 15) is 9.18 Å². The van der Waals surface area contributed by atoms with Crippen LogP contribution >= 0.6 is 0 Å². The van der Waals surface area contributed by atoms with E-state index in [2.05, 4.69) is 15.2 Å². The molecule has 5 rings (SSSR count). The van der Waals surface area contributed by atoms with E-state index in [1.165, 1.54) is 12.1 Å². The van der Waals surface area contributed by atoms with Crippen molar-refractivity contribution < 1.29 is 19.0 Å². The summed E-state index contributed by atoms with van der Waals surface area (Å²) in [6.45, 7) is 0.604. The molecule has 0 unspecified atom stereocenters. The van der Waals surface area contributed by atoms with E-state index < -0.39 is 5.97 Å². The Labute approximate surface area is 213 Å². The van der Waals surface area contributed by atoms with Crippen LogP contribution in [0.5, 0.6) is 5.75 Å². The Bertz CT molecular complexity index is 1490. The monoisotopic (exact) mass is 498 g/mol. The van der Waals surface area contributed by atoms with E-state index in [0.717, 1.165) is 64.3 Å². The first-order valence-electron chi connectivity index (χ1n) is 12.3. The predicted octanol–water partition coefficient (Wildman–Crippen LogP) is 6.61. The van der Waals surface area contributed by atoms with Gasteiger partial charge in [0.1, 0.15) is 17.2 Å². The molecule has 0 aliphatic heterocycles. The molecule has 188 valence electrons. The van der Waals surface area contributed by atoms with Gasteiger partial charge in [-0.1, -0.05) is 12.8 Å². The first-order chi connectivity index (χ1) is 18.1. The molecule has 0 aliphatic carbocycles. The third kappa shape index (κ3) is 5.69. The summed E-state index contributed by atoms with van der Waals surface area (Å²) in [5.74, 6) is -0.223. The van der Waals surface area contributed by atoms with Gasteiger partial charge in [-0.05, 0) is 73.5 Å². The molecule has 0 saturated carbocycles. The third-order valence-electron chi connectivity index (χ3n) is 6.29. The molecule has 0 aliphatic rings. The minimum absolute atomic E-state index is 0.227. The summed E-state index contributed by atoms with van der Waals surface area (Å²) >= 11 is 0. The second-order valence-electron chi connectivity index (χ2n) is 8.89. The zero-order valence-electron chi connectivity index (χ0n) is 20.2. The van der Waals surface area contributed by atoms with Gasteiger partial charge >= 0.3 is 5.97 Å². The number of pyridine rings is 1. The summed E-state index contributed by atoms with van der Waals surface area (Å²) in [5.41, 5.74) is 6.35. The molecule has 8 heteroatoms.